The van der Waals surface area contributed by atoms with Crippen LogP contribution in [-0.2, 0) is 15.9 Å². The van der Waals surface area contributed by atoms with Gasteiger partial charge in [-0.3, -0.25) is 4.99 Å². The van der Waals surface area contributed by atoms with Gasteiger partial charge < -0.3 is 29.6 Å². The molecule has 2 N–H and O–H groups in total. The van der Waals surface area contributed by atoms with E-state index in [1.165, 1.54) is 5.56 Å². The first-order chi connectivity index (χ1) is 14.8. The molecule has 0 aliphatic carbocycles. The van der Waals surface area contributed by atoms with E-state index in [9.17, 15) is 0 Å². The highest BCUT2D eigenvalue weighted by Crippen LogP contribution is 2.28. The first-order valence-electron chi connectivity index (χ1n) is 11.3. The van der Waals surface area contributed by atoms with Gasteiger partial charge in [-0.1, -0.05) is 6.07 Å². The van der Waals surface area contributed by atoms with Crippen LogP contribution in [0.5, 0.6) is 11.5 Å². The van der Waals surface area contributed by atoms with Crippen LogP contribution in [0.15, 0.2) is 23.2 Å². The predicted octanol–water partition coefficient (Wildman–Crippen LogP) is 3.17. The third-order valence-corrected chi connectivity index (χ3v) is 4.90. The Morgan fingerprint density at radius 2 is 1.97 bits per heavy atom. The summed E-state index contributed by atoms with van der Waals surface area (Å²) in [5.74, 6) is 2.45. The molecule has 0 unspecified atom stereocenters. The Morgan fingerprint density at radius 3 is 2.70 bits per heavy atom. The van der Waals surface area contributed by atoms with Crippen molar-refractivity contribution in [2.45, 2.75) is 52.1 Å². The highest BCUT2D eigenvalue weighted by Gasteiger charge is 2.13. The lowest BCUT2D eigenvalue weighted by Gasteiger charge is -2.22. The molecule has 0 aromatic heterocycles. The van der Waals surface area contributed by atoms with E-state index in [4.69, 9.17) is 18.9 Å². The summed E-state index contributed by atoms with van der Waals surface area (Å²) in [7, 11) is 1.67. The number of benzene rings is 1. The summed E-state index contributed by atoms with van der Waals surface area (Å²) in [5.41, 5.74) is 1.23. The maximum atomic E-state index is 5.92. The molecule has 1 aromatic carbocycles. The van der Waals surface area contributed by atoms with E-state index in [0.717, 1.165) is 89.0 Å². The van der Waals surface area contributed by atoms with E-state index in [-0.39, 0.29) is 0 Å². The Bertz CT molecular complexity index is 618. The Labute approximate surface area is 181 Å². The van der Waals surface area contributed by atoms with Gasteiger partial charge in [-0.25, -0.2) is 0 Å². The van der Waals surface area contributed by atoms with Crippen LogP contribution in [0, 0.1) is 0 Å². The molecule has 0 radical (unpaired) electrons. The monoisotopic (exact) mass is 421 g/mol. The lowest BCUT2D eigenvalue weighted by atomic mass is 10.1. The van der Waals surface area contributed by atoms with Crippen molar-refractivity contribution in [1.82, 2.24) is 10.6 Å². The van der Waals surface area contributed by atoms with Crippen molar-refractivity contribution in [2.75, 3.05) is 53.2 Å². The third-order valence-electron chi connectivity index (χ3n) is 4.90. The number of methoxy groups -OCH3 is 1. The molecule has 1 fully saturated rings. The quantitative estimate of drug-likeness (QED) is 0.290. The molecule has 30 heavy (non-hydrogen) atoms. The van der Waals surface area contributed by atoms with Gasteiger partial charge in [0.25, 0.3) is 0 Å². The Morgan fingerprint density at radius 1 is 1.13 bits per heavy atom. The van der Waals surface area contributed by atoms with E-state index >= 15 is 0 Å². The average Bonchev–Trinajstić information content (AvgIpc) is 2.77. The molecular formula is C23H39N3O4. The Kier molecular flexibility index (Phi) is 12.1. The number of guanidine groups is 1. The summed E-state index contributed by atoms with van der Waals surface area (Å²) in [6.07, 6.45) is 5.28. The van der Waals surface area contributed by atoms with Gasteiger partial charge in [0.2, 0.25) is 0 Å². The molecule has 0 atom stereocenters. The van der Waals surface area contributed by atoms with Crippen LogP contribution in [0.4, 0.5) is 0 Å². The van der Waals surface area contributed by atoms with Gasteiger partial charge >= 0.3 is 0 Å². The van der Waals surface area contributed by atoms with Crippen LogP contribution in [0.3, 0.4) is 0 Å². The summed E-state index contributed by atoms with van der Waals surface area (Å²) in [6.45, 7) is 9.58. The topological polar surface area (TPSA) is 73.3 Å². The molecule has 0 spiro atoms. The van der Waals surface area contributed by atoms with Gasteiger partial charge in [-0.15, -0.1) is 0 Å². The van der Waals surface area contributed by atoms with Crippen molar-refractivity contribution in [2.24, 2.45) is 4.99 Å². The zero-order chi connectivity index (χ0) is 21.4. The predicted molar refractivity (Wildman–Crippen MR) is 121 cm³/mol. The number of nitrogens with one attached hydrogen (secondary N) is 2. The Hall–Kier alpha value is -1.99. The number of hydrogen-bond acceptors (Lipinski definition) is 5. The first-order valence-corrected chi connectivity index (χ1v) is 11.3. The number of aryl methyl sites for hydroxylation is 1. The van der Waals surface area contributed by atoms with E-state index in [1.54, 1.807) is 7.11 Å². The zero-order valence-corrected chi connectivity index (χ0v) is 18.9. The van der Waals surface area contributed by atoms with E-state index in [2.05, 4.69) is 34.7 Å². The lowest BCUT2D eigenvalue weighted by Crippen LogP contribution is -2.38. The second-order valence-electron chi connectivity index (χ2n) is 7.25. The maximum Gasteiger partial charge on any atom is 0.191 e. The molecule has 7 nitrogen and oxygen atoms in total. The molecular weight excluding hydrogens is 382 g/mol. The minimum absolute atomic E-state index is 0.363. The third kappa shape index (κ3) is 9.22. The van der Waals surface area contributed by atoms with Gasteiger partial charge in [0.05, 0.1) is 19.8 Å². The van der Waals surface area contributed by atoms with E-state index < -0.39 is 0 Å². The van der Waals surface area contributed by atoms with E-state index in [0.29, 0.717) is 12.7 Å². The van der Waals surface area contributed by atoms with Gasteiger partial charge in [0, 0.05) is 39.5 Å². The zero-order valence-electron chi connectivity index (χ0n) is 18.9. The fourth-order valence-electron chi connectivity index (χ4n) is 3.33. The van der Waals surface area contributed by atoms with Crippen LogP contribution < -0.4 is 20.1 Å². The molecule has 1 heterocycles. The highest BCUT2D eigenvalue weighted by atomic mass is 16.5. The molecule has 0 amide bonds. The molecule has 7 heteroatoms. The van der Waals surface area contributed by atoms with Crippen LogP contribution in [0.25, 0.3) is 0 Å². The van der Waals surface area contributed by atoms with Gasteiger partial charge in [0.15, 0.2) is 17.5 Å². The number of ether oxygens (including phenoxy) is 4. The lowest BCUT2D eigenvalue weighted by molar-refractivity contribution is -0.0320. The maximum absolute atomic E-state index is 5.92. The van der Waals surface area contributed by atoms with Crippen molar-refractivity contribution >= 4 is 5.96 Å². The minimum Gasteiger partial charge on any atom is -0.493 e. The average molecular weight is 422 g/mol. The fourth-order valence-corrected chi connectivity index (χ4v) is 3.33. The SMILES string of the molecule is CCNC(=NCCCc1ccc(OC)c(OCC)c1)NCCCOC1CCOCC1. The smallest absolute Gasteiger partial charge is 0.191 e. The summed E-state index contributed by atoms with van der Waals surface area (Å²) in [4.78, 5) is 4.69. The summed E-state index contributed by atoms with van der Waals surface area (Å²) in [6, 6.07) is 6.12. The highest BCUT2D eigenvalue weighted by molar-refractivity contribution is 5.79. The molecule has 1 aromatic rings. The second-order valence-corrected chi connectivity index (χ2v) is 7.25. The van der Waals surface area contributed by atoms with Crippen molar-refractivity contribution in [1.29, 1.82) is 0 Å². The summed E-state index contributed by atoms with van der Waals surface area (Å²) in [5, 5.41) is 6.70. The van der Waals surface area contributed by atoms with Crippen molar-refractivity contribution < 1.29 is 18.9 Å². The van der Waals surface area contributed by atoms with Crippen molar-refractivity contribution in [3.63, 3.8) is 0 Å². The first kappa shape index (κ1) is 24.3. The fraction of sp³-hybridized carbons (Fsp3) is 0.696. The minimum atomic E-state index is 0.363. The van der Waals surface area contributed by atoms with Gasteiger partial charge in [-0.05, 0) is 63.6 Å². The molecule has 1 aliphatic rings. The number of nitrogens with zero attached hydrogens (tertiary/aromatic N) is 1. The van der Waals surface area contributed by atoms with Gasteiger partial charge in [-0.2, -0.15) is 0 Å². The molecule has 1 aliphatic heterocycles. The Balaban J connectivity index is 1.67. The number of rotatable bonds is 13. The van der Waals surface area contributed by atoms with Crippen LogP contribution in [-0.4, -0.2) is 65.2 Å². The van der Waals surface area contributed by atoms with E-state index in [1.807, 2.05) is 13.0 Å². The number of hydrogen-bond donors (Lipinski definition) is 2. The van der Waals surface area contributed by atoms with Crippen molar-refractivity contribution in [3.8, 4) is 11.5 Å². The molecule has 0 bridgehead atoms. The summed E-state index contributed by atoms with van der Waals surface area (Å²) < 4.78 is 22.3. The molecule has 2 rings (SSSR count). The second kappa shape index (κ2) is 14.9. The summed E-state index contributed by atoms with van der Waals surface area (Å²) >= 11 is 0. The van der Waals surface area contributed by atoms with Crippen LogP contribution in [0.2, 0.25) is 0 Å². The van der Waals surface area contributed by atoms with Crippen molar-refractivity contribution in [3.05, 3.63) is 23.8 Å². The molecule has 0 saturated carbocycles. The molecule has 170 valence electrons. The normalized spacial score (nSPS) is 15.1. The van der Waals surface area contributed by atoms with Crippen LogP contribution in [0.1, 0.15) is 45.1 Å². The standard InChI is InChI=1S/C23H39N3O4/c1-4-24-23(26-14-7-15-30-20-11-16-28-17-12-20)25-13-6-8-19-9-10-21(27-3)22(18-19)29-5-2/h9-10,18,20H,4-8,11-17H2,1-3H3,(H2,24,25,26). The van der Waals surface area contributed by atoms with Crippen LogP contribution >= 0.6 is 0 Å². The van der Waals surface area contributed by atoms with Gasteiger partial charge in [0.1, 0.15) is 0 Å². The largest absolute Gasteiger partial charge is 0.493 e. The number of aliphatic imine (C=N–C) groups is 1. The molecule has 1 saturated heterocycles.